The van der Waals surface area contributed by atoms with Crippen molar-refractivity contribution in [2.24, 2.45) is 0 Å². The summed E-state index contributed by atoms with van der Waals surface area (Å²) < 4.78 is 41.9. The van der Waals surface area contributed by atoms with Crippen molar-refractivity contribution in [3.8, 4) is 0 Å². The molecule has 1 fully saturated rings. The Kier molecular flexibility index (Phi) is 6.23. The monoisotopic (exact) mass is 470 g/mol. The van der Waals surface area contributed by atoms with Crippen molar-refractivity contribution in [1.29, 1.82) is 0 Å². The Bertz CT molecular complexity index is 1060. The third kappa shape index (κ3) is 4.89. The maximum Gasteiger partial charge on any atom is 0.340 e. The first-order valence-corrected chi connectivity index (χ1v) is 12.5. The average Bonchev–Trinajstić information content (AvgIpc) is 3.09. The molecule has 29 heavy (non-hydrogen) atoms. The van der Waals surface area contributed by atoms with Gasteiger partial charge in [-0.3, -0.25) is 4.57 Å². The normalized spacial score (nSPS) is 25.6. The lowest BCUT2D eigenvalue weighted by atomic mass is 10.1. The molecule has 4 atom stereocenters. The van der Waals surface area contributed by atoms with Crippen molar-refractivity contribution in [3.05, 3.63) is 17.5 Å². The van der Waals surface area contributed by atoms with Crippen LogP contribution in [0.1, 0.15) is 13.2 Å². The van der Waals surface area contributed by atoms with E-state index in [-0.39, 0.29) is 10.9 Å². The molecule has 5 N–H and O–H groups in total. The summed E-state index contributed by atoms with van der Waals surface area (Å²) in [4.78, 5) is 26.0. The number of ether oxygens (including phenoxy) is 1. The van der Waals surface area contributed by atoms with Crippen molar-refractivity contribution in [1.82, 2.24) is 14.5 Å². The zero-order chi connectivity index (χ0) is 21.6. The Morgan fingerprint density at radius 1 is 1.31 bits per heavy atom. The zero-order valence-electron chi connectivity index (χ0n) is 15.1. The van der Waals surface area contributed by atoms with Gasteiger partial charge in [0.15, 0.2) is 21.6 Å². The molecule has 0 saturated carbocycles. The summed E-state index contributed by atoms with van der Waals surface area (Å²) in [6, 6.07) is 1.64. The van der Waals surface area contributed by atoms with Crippen LogP contribution in [0.5, 0.6) is 0 Å². The predicted octanol–water partition coefficient (Wildman–Crippen LogP) is -0.314. The molecule has 0 bridgehead atoms. The van der Waals surface area contributed by atoms with Crippen LogP contribution in [0.25, 0.3) is 11.0 Å². The number of halogens is 1. The highest BCUT2D eigenvalue weighted by Crippen LogP contribution is 2.38. The van der Waals surface area contributed by atoms with Gasteiger partial charge in [0.25, 0.3) is 0 Å². The van der Waals surface area contributed by atoms with E-state index in [0.29, 0.717) is 17.7 Å². The molecule has 1 aliphatic rings. The fourth-order valence-electron chi connectivity index (χ4n) is 3.17. The molecule has 0 amide bonds. The van der Waals surface area contributed by atoms with Crippen LogP contribution < -0.4 is 5.32 Å². The van der Waals surface area contributed by atoms with Gasteiger partial charge in [0, 0.05) is 12.7 Å². The van der Waals surface area contributed by atoms with Gasteiger partial charge in [-0.05, 0) is 24.6 Å². The lowest BCUT2D eigenvalue weighted by Crippen LogP contribution is -2.35. The van der Waals surface area contributed by atoms with Gasteiger partial charge < -0.3 is 34.6 Å². The second-order valence-electron chi connectivity index (χ2n) is 6.58. The van der Waals surface area contributed by atoms with E-state index < -0.39 is 53.2 Å². The molecule has 2 aromatic heterocycles. The summed E-state index contributed by atoms with van der Waals surface area (Å²) in [6.45, 7) is 2.43. The molecule has 12 nitrogen and oxygen atoms in total. The van der Waals surface area contributed by atoms with Gasteiger partial charge in [-0.2, -0.15) is 4.98 Å². The van der Waals surface area contributed by atoms with Gasteiger partial charge in [0.05, 0.1) is 11.1 Å². The second kappa shape index (κ2) is 8.08. The smallest absolute Gasteiger partial charge is 0.340 e. The van der Waals surface area contributed by atoms with Gasteiger partial charge in [-0.25, -0.2) is 13.4 Å². The third-order valence-electron chi connectivity index (χ3n) is 4.28. The number of rotatable bonds is 7. The molecule has 3 rings (SSSR count). The zero-order valence-corrected chi connectivity index (χ0v) is 17.5. The summed E-state index contributed by atoms with van der Waals surface area (Å²) in [5.74, 6) is -0.417. The lowest BCUT2D eigenvalue weighted by Gasteiger charge is -2.17. The Hall–Kier alpha value is -1.31. The van der Waals surface area contributed by atoms with Crippen LogP contribution in [0.3, 0.4) is 0 Å². The van der Waals surface area contributed by atoms with Crippen LogP contribution in [-0.4, -0.2) is 79.1 Å². The number of anilines is 1. The Morgan fingerprint density at radius 3 is 2.62 bits per heavy atom. The number of nitrogens with zero attached hydrogens (tertiary/aromatic N) is 3. The van der Waals surface area contributed by atoms with E-state index in [9.17, 15) is 23.2 Å². The maximum absolute atomic E-state index is 12.0. The second-order valence-corrected chi connectivity index (χ2v) is 11.1. The Morgan fingerprint density at radius 2 is 2.00 bits per heavy atom. The maximum atomic E-state index is 12.0. The first kappa shape index (κ1) is 22.4. The summed E-state index contributed by atoms with van der Waals surface area (Å²) in [6.07, 6.45) is -4.19. The van der Waals surface area contributed by atoms with E-state index in [1.807, 2.05) is 6.92 Å². The molecule has 162 valence electrons. The standard InChI is InChI=1S/C14H20ClN4O8PS/c1-2-16-11-7-3-4-19(12(7)18-14(15)17-11)13-10(21)9(20)8(27-13)5-29(25,26)6-28(22,23)24/h3-4,8-10,13,20-21H,2,5-6H2,1H3,(H,16,17,18)(H2,22,23,24)/t8-,9-,10-,13-/m1/s1. The lowest BCUT2D eigenvalue weighted by molar-refractivity contribution is -0.0288. The van der Waals surface area contributed by atoms with Crippen LogP contribution in [0.2, 0.25) is 5.28 Å². The molecule has 0 spiro atoms. The van der Waals surface area contributed by atoms with Crippen molar-refractivity contribution in [2.75, 3.05) is 23.1 Å². The van der Waals surface area contributed by atoms with Crippen LogP contribution in [0.4, 0.5) is 5.82 Å². The molecule has 3 heterocycles. The minimum atomic E-state index is -4.82. The number of hydrogen-bond donors (Lipinski definition) is 5. The van der Waals surface area contributed by atoms with Crippen molar-refractivity contribution in [2.45, 2.75) is 31.5 Å². The Labute approximate surface area is 170 Å². The molecule has 1 aliphatic heterocycles. The van der Waals surface area contributed by atoms with E-state index in [1.165, 1.54) is 10.8 Å². The molecule has 1 saturated heterocycles. The van der Waals surface area contributed by atoms with Crippen molar-refractivity contribution < 1.29 is 37.7 Å². The quantitative estimate of drug-likeness (QED) is 0.264. The van der Waals surface area contributed by atoms with Gasteiger partial charge >= 0.3 is 7.60 Å². The summed E-state index contributed by atoms with van der Waals surface area (Å²) in [7, 11) is -9.08. The van der Waals surface area contributed by atoms with Crippen LogP contribution in [0.15, 0.2) is 12.3 Å². The largest absolute Gasteiger partial charge is 0.387 e. The highest BCUT2D eigenvalue weighted by molar-refractivity contribution is 7.97. The van der Waals surface area contributed by atoms with E-state index in [0.717, 1.165) is 0 Å². The first-order chi connectivity index (χ1) is 13.4. The fraction of sp³-hybridized carbons (Fsp3) is 0.571. The van der Waals surface area contributed by atoms with Crippen molar-refractivity contribution >= 4 is 45.9 Å². The minimum Gasteiger partial charge on any atom is -0.387 e. The molecule has 0 aromatic carbocycles. The molecular weight excluding hydrogens is 451 g/mol. The number of aliphatic hydroxyl groups excluding tert-OH is 2. The van der Waals surface area contributed by atoms with Gasteiger partial charge in [0.2, 0.25) is 5.28 Å². The average molecular weight is 471 g/mol. The van der Waals surface area contributed by atoms with E-state index in [2.05, 4.69) is 15.3 Å². The molecule has 0 radical (unpaired) electrons. The number of nitrogens with one attached hydrogen (secondary N) is 1. The van der Waals surface area contributed by atoms with Gasteiger partial charge in [-0.15, -0.1) is 0 Å². The highest BCUT2D eigenvalue weighted by atomic mass is 35.5. The number of hydrogen-bond acceptors (Lipinski definition) is 9. The van der Waals surface area contributed by atoms with Crippen molar-refractivity contribution in [3.63, 3.8) is 0 Å². The van der Waals surface area contributed by atoms with E-state index >= 15 is 0 Å². The SMILES string of the molecule is CCNc1nc(Cl)nc2c1ccn2[C@@H]1O[C@H](CS(=O)(=O)CP(=O)(O)O)[C@@H](O)[C@H]1O. The molecule has 0 aliphatic carbocycles. The van der Waals surface area contributed by atoms with Gasteiger partial charge in [0.1, 0.15) is 29.8 Å². The summed E-state index contributed by atoms with van der Waals surface area (Å²) in [5.41, 5.74) is -1.09. The molecule has 15 heteroatoms. The number of fused-ring (bicyclic) bond motifs is 1. The topological polar surface area (TPSA) is 184 Å². The summed E-state index contributed by atoms with van der Waals surface area (Å²) >= 11 is 5.96. The van der Waals surface area contributed by atoms with Gasteiger partial charge in [-0.1, -0.05) is 0 Å². The summed E-state index contributed by atoms with van der Waals surface area (Å²) in [5, 5.41) is 24.2. The fourth-order valence-corrected chi connectivity index (χ4v) is 6.58. The molecule has 2 aromatic rings. The number of aliphatic hydroxyl groups is 2. The predicted molar refractivity (Wildman–Crippen MR) is 103 cm³/mol. The van der Waals surface area contributed by atoms with E-state index in [4.69, 9.17) is 26.1 Å². The number of sulfone groups is 1. The Balaban J connectivity index is 1.90. The first-order valence-electron chi connectivity index (χ1n) is 8.46. The minimum absolute atomic E-state index is 0.0674. The van der Waals surface area contributed by atoms with Crippen LogP contribution >= 0.6 is 19.2 Å². The molecular formula is C14H20ClN4O8PS. The van der Waals surface area contributed by atoms with Crippen LogP contribution in [-0.2, 0) is 19.1 Å². The number of aromatic nitrogens is 3. The van der Waals surface area contributed by atoms with Crippen LogP contribution in [0, 0.1) is 0 Å². The highest BCUT2D eigenvalue weighted by Gasteiger charge is 2.46. The molecule has 0 unspecified atom stereocenters. The third-order valence-corrected chi connectivity index (χ3v) is 8.21. The van der Waals surface area contributed by atoms with E-state index in [1.54, 1.807) is 6.07 Å².